The predicted molar refractivity (Wildman–Crippen MR) is 181 cm³/mol. The first-order valence-electron chi connectivity index (χ1n) is 16.0. The number of amidine groups is 1. The molecule has 1 fully saturated rings. The molecule has 2 aliphatic rings. The standard InChI is InChI=1S/C39H46N3O2.Pt/c1-37(2,3)27-21-28(38(4,5)6)23-29(22-27)42-32-24-39(7,8)19-11-15-31(32)40-36(42)26-13-9-14-30(20-26)44-34-18-17-25-12-10-16-33(43)35(25)41-34;/h9-10,12-14,16-18,21-23,31-32,43H,11,15,19,24H2,1-8H3;/q-1;/t31-,32+;/m0./s1. The van der Waals surface area contributed by atoms with E-state index in [4.69, 9.17) is 9.73 Å². The zero-order chi connectivity index (χ0) is 31.4. The molecule has 1 aromatic heterocycles. The molecule has 1 saturated carbocycles. The Morgan fingerprint density at radius 1 is 0.911 bits per heavy atom. The van der Waals surface area contributed by atoms with Crippen LogP contribution in [0.2, 0.25) is 0 Å². The monoisotopic (exact) mass is 783 g/mol. The van der Waals surface area contributed by atoms with Gasteiger partial charge in [0.25, 0.3) is 0 Å². The van der Waals surface area contributed by atoms with Gasteiger partial charge < -0.3 is 19.7 Å². The summed E-state index contributed by atoms with van der Waals surface area (Å²) in [5, 5.41) is 11.2. The van der Waals surface area contributed by atoms with Crippen LogP contribution in [0.5, 0.6) is 17.4 Å². The second-order valence-electron chi connectivity index (χ2n) is 15.5. The number of phenolic OH excluding ortho intramolecular Hbond substituents is 1. The van der Waals surface area contributed by atoms with Crippen molar-refractivity contribution in [2.75, 3.05) is 4.90 Å². The second-order valence-corrected chi connectivity index (χ2v) is 15.5. The van der Waals surface area contributed by atoms with E-state index >= 15 is 0 Å². The molecule has 0 radical (unpaired) electrons. The number of hydrogen-bond acceptors (Lipinski definition) is 5. The molecule has 1 N–H and O–H groups in total. The summed E-state index contributed by atoms with van der Waals surface area (Å²) in [5.74, 6) is 2.07. The van der Waals surface area contributed by atoms with Crippen molar-refractivity contribution in [1.82, 2.24) is 4.98 Å². The van der Waals surface area contributed by atoms with E-state index in [1.54, 1.807) is 6.07 Å². The number of anilines is 1. The van der Waals surface area contributed by atoms with Crippen LogP contribution in [0, 0.1) is 11.5 Å². The molecule has 0 spiro atoms. The van der Waals surface area contributed by atoms with Gasteiger partial charge in [0.05, 0.1) is 11.9 Å². The molecular weight excluding hydrogens is 738 g/mol. The van der Waals surface area contributed by atoms with Crippen molar-refractivity contribution in [3.05, 3.63) is 89.5 Å². The Labute approximate surface area is 283 Å². The van der Waals surface area contributed by atoms with Gasteiger partial charge in [-0.15, -0.1) is 23.8 Å². The molecule has 4 aromatic rings. The number of nitrogens with zero attached hydrogens (tertiary/aromatic N) is 3. The number of fused-ring (bicyclic) bond motifs is 2. The Kier molecular flexibility index (Phi) is 9.01. The fourth-order valence-electron chi connectivity index (χ4n) is 6.63. The van der Waals surface area contributed by atoms with Gasteiger partial charge >= 0.3 is 0 Å². The average Bonchev–Trinajstić information content (AvgIpc) is 3.21. The van der Waals surface area contributed by atoms with Gasteiger partial charge in [-0.2, -0.15) is 0 Å². The minimum Gasteiger partial charge on any atom is -0.506 e. The zero-order valence-electron chi connectivity index (χ0n) is 27.8. The minimum absolute atomic E-state index is 0. The van der Waals surface area contributed by atoms with Gasteiger partial charge in [0.1, 0.15) is 11.3 Å². The van der Waals surface area contributed by atoms with Crippen LogP contribution < -0.4 is 9.64 Å². The number of para-hydroxylation sites is 1. The summed E-state index contributed by atoms with van der Waals surface area (Å²) < 4.78 is 6.23. The van der Waals surface area contributed by atoms with E-state index < -0.39 is 0 Å². The summed E-state index contributed by atoms with van der Waals surface area (Å²) in [6.45, 7) is 18.6. The van der Waals surface area contributed by atoms with Crippen molar-refractivity contribution in [1.29, 1.82) is 0 Å². The molecule has 0 bridgehead atoms. The molecule has 45 heavy (non-hydrogen) atoms. The fourth-order valence-corrected chi connectivity index (χ4v) is 6.63. The van der Waals surface area contributed by atoms with Gasteiger partial charge in [0.15, 0.2) is 0 Å². The maximum Gasteiger partial charge on any atom is 0.217 e. The van der Waals surface area contributed by atoms with Gasteiger partial charge in [-0.3, -0.25) is 0 Å². The fraction of sp³-hybridized carbons (Fsp3) is 0.436. The first-order chi connectivity index (χ1) is 20.7. The van der Waals surface area contributed by atoms with Crippen molar-refractivity contribution in [3.8, 4) is 17.4 Å². The Bertz CT molecular complexity index is 1700. The van der Waals surface area contributed by atoms with Crippen LogP contribution in [-0.2, 0) is 31.9 Å². The van der Waals surface area contributed by atoms with Crippen LogP contribution in [0.25, 0.3) is 10.9 Å². The van der Waals surface area contributed by atoms with Crippen LogP contribution in [0.3, 0.4) is 0 Å². The molecule has 1 aliphatic heterocycles. The van der Waals surface area contributed by atoms with Crippen LogP contribution >= 0.6 is 0 Å². The molecule has 6 rings (SSSR count). The van der Waals surface area contributed by atoms with Crippen LogP contribution in [0.4, 0.5) is 5.69 Å². The molecule has 2 heterocycles. The van der Waals surface area contributed by atoms with Gasteiger partial charge in [-0.1, -0.05) is 86.1 Å². The van der Waals surface area contributed by atoms with E-state index in [2.05, 4.69) is 95.6 Å². The van der Waals surface area contributed by atoms with Crippen molar-refractivity contribution in [2.45, 2.75) is 104 Å². The quantitative estimate of drug-likeness (QED) is 0.210. The van der Waals surface area contributed by atoms with Gasteiger partial charge in [-0.05, 0) is 70.9 Å². The molecule has 1 aliphatic carbocycles. The first-order valence-corrected chi connectivity index (χ1v) is 16.0. The third-order valence-corrected chi connectivity index (χ3v) is 9.23. The molecule has 2 atom stereocenters. The topological polar surface area (TPSA) is 58.0 Å². The van der Waals surface area contributed by atoms with E-state index in [1.165, 1.54) is 29.7 Å². The number of rotatable bonds is 4. The van der Waals surface area contributed by atoms with Crippen molar-refractivity contribution >= 4 is 22.4 Å². The Hall–Kier alpha value is -3.17. The summed E-state index contributed by atoms with van der Waals surface area (Å²) in [6, 6.07) is 26.3. The maximum atomic E-state index is 10.3. The largest absolute Gasteiger partial charge is 0.506 e. The Morgan fingerprint density at radius 3 is 2.29 bits per heavy atom. The smallest absolute Gasteiger partial charge is 0.217 e. The summed E-state index contributed by atoms with van der Waals surface area (Å²) in [5.41, 5.74) is 5.56. The normalized spacial score (nSPS) is 19.8. The summed E-state index contributed by atoms with van der Waals surface area (Å²) in [4.78, 5) is 12.6. The average molecular weight is 784 g/mol. The van der Waals surface area contributed by atoms with Crippen molar-refractivity contribution < 1.29 is 30.9 Å². The Balaban J connectivity index is 0.00000400. The number of hydrogen-bond donors (Lipinski definition) is 1. The maximum absolute atomic E-state index is 10.3. The number of ether oxygens (including phenoxy) is 1. The predicted octanol–water partition coefficient (Wildman–Crippen LogP) is 9.73. The number of benzene rings is 3. The van der Waals surface area contributed by atoms with Gasteiger partial charge in [0.2, 0.25) is 5.88 Å². The van der Waals surface area contributed by atoms with Gasteiger partial charge in [-0.25, -0.2) is 4.98 Å². The molecule has 0 unspecified atom stereocenters. The number of pyridine rings is 1. The number of phenols is 1. The van der Waals surface area contributed by atoms with Crippen molar-refractivity contribution in [2.24, 2.45) is 10.4 Å². The number of aromatic nitrogens is 1. The summed E-state index contributed by atoms with van der Waals surface area (Å²) >= 11 is 0. The van der Waals surface area contributed by atoms with E-state index in [9.17, 15) is 5.11 Å². The molecule has 0 saturated heterocycles. The third kappa shape index (κ3) is 6.99. The van der Waals surface area contributed by atoms with Crippen LogP contribution in [0.15, 0.2) is 71.7 Å². The molecule has 240 valence electrons. The van der Waals surface area contributed by atoms with Crippen LogP contribution in [0.1, 0.15) is 97.8 Å². The first kappa shape index (κ1) is 33.2. The molecule has 3 aromatic carbocycles. The third-order valence-electron chi connectivity index (χ3n) is 9.23. The summed E-state index contributed by atoms with van der Waals surface area (Å²) in [7, 11) is 0. The molecule has 6 heteroatoms. The second kappa shape index (κ2) is 12.2. The molecular formula is C39H46N3O2Pt-. The molecule has 0 amide bonds. The number of aliphatic imine (C=N–C) groups is 1. The SMILES string of the molecule is CC1(C)CCC[C@@H]2N=C(c3[c-]c(Oc4ccc5cccc(O)c5n4)ccc3)N(c3cc(C(C)(C)C)cc(C(C)(C)C)c3)[C@@H]2C1.[Pt]. The van der Waals surface area contributed by atoms with E-state index in [1.807, 2.05) is 36.4 Å². The Morgan fingerprint density at radius 2 is 1.60 bits per heavy atom. The minimum atomic E-state index is 0. The van der Waals surface area contributed by atoms with E-state index in [-0.39, 0.29) is 55.1 Å². The summed E-state index contributed by atoms with van der Waals surface area (Å²) in [6.07, 6.45) is 4.56. The van der Waals surface area contributed by atoms with E-state index in [0.717, 1.165) is 29.6 Å². The zero-order valence-corrected chi connectivity index (χ0v) is 30.1. The van der Waals surface area contributed by atoms with Crippen LogP contribution in [-0.4, -0.2) is 28.0 Å². The molecule has 5 nitrogen and oxygen atoms in total. The van der Waals surface area contributed by atoms with Crippen molar-refractivity contribution in [3.63, 3.8) is 0 Å². The number of aromatic hydroxyl groups is 1. The van der Waals surface area contributed by atoms with Gasteiger partial charge in [0, 0.05) is 50.0 Å². The van der Waals surface area contributed by atoms with E-state index in [0.29, 0.717) is 17.1 Å².